The van der Waals surface area contributed by atoms with Crippen LogP contribution in [-0.2, 0) is 35.0 Å². The maximum Gasteiger partial charge on any atom is 0.325 e. The number of nitrogens with zero attached hydrogens (tertiary/aromatic N) is 3. The lowest BCUT2D eigenvalue weighted by Crippen LogP contribution is -2.51. The number of aromatic nitrogens is 1. The van der Waals surface area contributed by atoms with Gasteiger partial charge in [-0.25, -0.2) is 0 Å². The van der Waals surface area contributed by atoms with Crippen LogP contribution in [0.5, 0.6) is 0 Å². The zero-order valence-corrected chi connectivity index (χ0v) is 25.3. The van der Waals surface area contributed by atoms with E-state index in [1.54, 1.807) is 4.90 Å². The first-order chi connectivity index (χ1) is 21.1. The SMILES string of the molecule is CC[C@@]12C=C(C(=O)N(CC(=O)OCCOCCOCCOCCO)C3CC3)n3c4c(c5ccccc53)CCN(CCC1)[C@H]42. The Morgan fingerprint density at radius 2 is 1.72 bits per heavy atom. The number of rotatable bonds is 16. The van der Waals surface area contributed by atoms with Crippen molar-refractivity contribution in [3.8, 4) is 0 Å². The van der Waals surface area contributed by atoms with Crippen molar-refractivity contribution in [2.75, 3.05) is 72.5 Å². The highest BCUT2D eigenvalue weighted by Crippen LogP contribution is 2.57. The van der Waals surface area contributed by atoms with E-state index >= 15 is 0 Å². The topological polar surface area (TPSA) is 103 Å². The van der Waals surface area contributed by atoms with Crippen LogP contribution in [0.4, 0.5) is 0 Å². The second kappa shape index (κ2) is 13.5. The molecule has 2 atom stereocenters. The molecule has 1 aromatic heterocycles. The molecule has 1 aliphatic carbocycles. The lowest BCUT2D eigenvalue weighted by atomic mass is 9.66. The van der Waals surface area contributed by atoms with Gasteiger partial charge in [0.1, 0.15) is 18.8 Å². The Kier molecular flexibility index (Phi) is 9.49. The van der Waals surface area contributed by atoms with Crippen molar-refractivity contribution in [2.24, 2.45) is 5.41 Å². The van der Waals surface area contributed by atoms with E-state index in [1.807, 2.05) is 0 Å². The summed E-state index contributed by atoms with van der Waals surface area (Å²) in [6.45, 7) is 6.68. The predicted octanol–water partition coefficient (Wildman–Crippen LogP) is 3.16. The van der Waals surface area contributed by atoms with E-state index in [0.717, 1.165) is 57.1 Å². The molecule has 43 heavy (non-hydrogen) atoms. The number of carbonyl (C=O) groups is 2. The molecular formula is C33H45N3O7. The van der Waals surface area contributed by atoms with E-state index in [0.29, 0.717) is 38.7 Å². The van der Waals surface area contributed by atoms with Crippen LogP contribution < -0.4 is 0 Å². The van der Waals surface area contributed by atoms with Crippen molar-refractivity contribution in [2.45, 2.75) is 57.5 Å². The maximum absolute atomic E-state index is 14.5. The molecule has 234 valence electrons. The summed E-state index contributed by atoms with van der Waals surface area (Å²) in [5.41, 5.74) is 4.36. The highest BCUT2D eigenvalue weighted by Gasteiger charge is 2.51. The van der Waals surface area contributed by atoms with Crippen LogP contribution in [-0.4, -0.2) is 110 Å². The molecule has 1 amide bonds. The summed E-state index contributed by atoms with van der Waals surface area (Å²) in [5.74, 6) is -0.489. The predicted molar refractivity (Wildman–Crippen MR) is 161 cm³/mol. The van der Waals surface area contributed by atoms with Crippen molar-refractivity contribution in [3.05, 3.63) is 41.6 Å². The zero-order chi connectivity index (χ0) is 29.8. The Balaban J connectivity index is 1.13. The molecule has 0 spiro atoms. The second-order valence-electron chi connectivity index (χ2n) is 12.1. The van der Waals surface area contributed by atoms with E-state index in [-0.39, 0.29) is 49.8 Å². The smallest absolute Gasteiger partial charge is 0.325 e. The van der Waals surface area contributed by atoms with E-state index in [9.17, 15) is 9.59 Å². The van der Waals surface area contributed by atoms with E-state index < -0.39 is 5.97 Å². The van der Waals surface area contributed by atoms with Crippen LogP contribution in [0.2, 0.25) is 0 Å². The van der Waals surface area contributed by atoms with Gasteiger partial charge in [0.05, 0.1) is 57.8 Å². The number of esters is 1. The molecule has 10 nitrogen and oxygen atoms in total. The molecule has 1 aromatic carbocycles. The van der Waals surface area contributed by atoms with Gasteiger partial charge in [-0.2, -0.15) is 0 Å². The lowest BCUT2D eigenvalue weighted by Gasteiger charge is -2.53. The van der Waals surface area contributed by atoms with Gasteiger partial charge in [0.25, 0.3) is 5.91 Å². The van der Waals surface area contributed by atoms with E-state index in [4.69, 9.17) is 24.1 Å². The number of carbonyl (C=O) groups excluding carboxylic acids is 2. The molecule has 0 unspecified atom stereocenters. The first-order valence-electron chi connectivity index (χ1n) is 16.0. The molecule has 1 N–H and O–H groups in total. The standard InChI is InChI=1S/C33H45N3O7/c1-2-33-11-5-12-34-13-10-26-25-6-3-4-7-27(25)36(30(26)31(33)34)28(22-33)32(39)35(24-8-9-24)23-29(38)43-21-20-42-19-18-41-17-16-40-15-14-37/h3-4,6-7,22,24,31,37H,2,5,8-21,23H2,1H3/t31-,33+/m1/s1. The molecule has 2 fully saturated rings. The first-order valence-corrected chi connectivity index (χ1v) is 16.0. The molecule has 2 aromatic rings. The molecule has 0 bridgehead atoms. The van der Waals surface area contributed by atoms with Gasteiger partial charge in [-0.15, -0.1) is 0 Å². The third kappa shape index (κ3) is 6.13. The van der Waals surface area contributed by atoms with E-state index in [2.05, 4.69) is 46.7 Å². The number of aliphatic hydroxyl groups is 1. The average Bonchev–Trinajstić information content (AvgIpc) is 3.82. The van der Waals surface area contributed by atoms with E-state index in [1.165, 1.54) is 16.6 Å². The fourth-order valence-electron chi connectivity index (χ4n) is 7.34. The summed E-state index contributed by atoms with van der Waals surface area (Å²) in [5, 5.41) is 9.93. The Labute approximate surface area is 253 Å². The monoisotopic (exact) mass is 595 g/mol. The first kappa shape index (κ1) is 30.3. The highest BCUT2D eigenvalue weighted by atomic mass is 16.6. The van der Waals surface area contributed by atoms with Gasteiger partial charge in [0.15, 0.2) is 0 Å². The van der Waals surface area contributed by atoms with Crippen LogP contribution in [0.3, 0.4) is 0 Å². The number of fused-ring (bicyclic) bond motifs is 3. The largest absolute Gasteiger partial charge is 0.462 e. The number of hydrogen-bond donors (Lipinski definition) is 1. The van der Waals surface area contributed by atoms with Gasteiger partial charge in [-0.1, -0.05) is 25.1 Å². The zero-order valence-electron chi connectivity index (χ0n) is 25.3. The fourth-order valence-corrected chi connectivity index (χ4v) is 7.34. The third-order valence-corrected chi connectivity index (χ3v) is 9.49. The minimum atomic E-state index is -0.413. The maximum atomic E-state index is 14.5. The quantitative estimate of drug-likeness (QED) is 0.233. The van der Waals surface area contributed by atoms with Gasteiger partial charge in [-0.3, -0.25) is 14.5 Å². The molecule has 0 radical (unpaired) electrons. The minimum absolute atomic E-state index is 0.00279. The summed E-state index contributed by atoms with van der Waals surface area (Å²) in [7, 11) is 0. The van der Waals surface area contributed by atoms with Gasteiger partial charge >= 0.3 is 5.97 Å². The number of ether oxygens (including phenoxy) is 4. The normalized spacial score (nSPS) is 22.7. The summed E-state index contributed by atoms with van der Waals surface area (Å²) < 4.78 is 23.8. The Morgan fingerprint density at radius 1 is 1.00 bits per heavy atom. The number of amides is 1. The molecular weight excluding hydrogens is 550 g/mol. The van der Waals surface area contributed by atoms with Crippen molar-refractivity contribution < 1.29 is 33.6 Å². The molecule has 4 heterocycles. The number of para-hydroxylation sites is 1. The van der Waals surface area contributed by atoms with Crippen molar-refractivity contribution in [3.63, 3.8) is 0 Å². The number of benzene rings is 1. The number of piperidine rings is 1. The molecule has 6 rings (SSSR count). The van der Waals surface area contributed by atoms with Crippen LogP contribution in [0.1, 0.15) is 56.3 Å². The van der Waals surface area contributed by atoms with Crippen molar-refractivity contribution in [1.82, 2.24) is 14.4 Å². The summed E-state index contributed by atoms with van der Waals surface area (Å²) in [4.78, 5) is 31.8. The molecule has 1 saturated carbocycles. The Hall–Kier alpha value is -2.76. The number of hydrogen-bond acceptors (Lipinski definition) is 8. The Morgan fingerprint density at radius 3 is 2.44 bits per heavy atom. The van der Waals surface area contributed by atoms with Gasteiger partial charge in [0.2, 0.25) is 0 Å². The van der Waals surface area contributed by atoms with Crippen molar-refractivity contribution in [1.29, 1.82) is 0 Å². The highest BCUT2D eigenvalue weighted by molar-refractivity contribution is 6.17. The van der Waals surface area contributed by atoms with Gasteiger partial charge in [0, 0.05) is 29.1 Å². The minimum Gasteiger partial charge on any atom is -0.462 e. The fraction of sp³-hybridized carbons (Fsp3) is 0.636. The summed E-state index contributed by atoms with van der Waals surface area (Å²) in [6.07, 6.45) is 8.24. The Bertz CT molecular complexity index is 1340. The lowest BCUT2D eigenvalue weighted by molar-refractivity contribution is -0.149. The van der Waals surface area contributed by atoms with Crippen molar-refractivity contribution >= 4 is 28.5 Å². The van der Waals surface area contributed by atoms with Gasteiger partial charge in [-0.05, 0) is 62.8 Å². The summed E-state index contributed by atoms with van der Waals surface area (Å²) >= 11 is 0. The third-order valence-electron chi connectivity index (χ3n) is 9.49. The molecule has 4 aliphatic rings. The molecule has 10 heteroatoms. The molecule has 3 aliphatic heterocycles. The number of aliphatic hydroxyl groups excluding tert-OH is 1. The van der Waals surface area contributed by atoms with Crippen LogP contribution in [0.25, 0.3) is 16.6 Å². The average molecular weight is 596 g/mol. The van der Waals surface area contributed by atoms with Crippen LogP contribution in [0, 0.1) is 5.41 Å². The van der Waals surface area contributed by atoms with Crippen LogP contribution in [0.15, 0.2) is 30.3 Å². The summed E-state index contributed by atoms with van der Waals surface area (Å²) in [6, 6.07) is 8.82. The molecule has 1 saturated heterocycles. The van der Waals surface area contributed by atoms with Gasteiger partial charge < -0.3 is 33.5 Å². The van der Waals surface area contributed by atoms with Crippen LogP contribution >= 0.6 is 0 Å². The second-order valence-corrected chi connectivity index (χ2v) is 12.1.